The molecule has 2 aliphatic heterocycles. The van der Waals surface area contributed by atoms with Crippen LogP contribution in [0.4, 0.5) is 22.7 Å². The van der Waals surface area contributed by atoms with E-state index >= 15 is 0 Å². The molecule has 5 nitrogen and oxygen atoms in total. The number of ether oxygens (including phenoxy) is 1. The second-order valence-electron chi connectivity index (χ2n) is 14.5. The summed E-state index contributed by atoms with van der Waals surface area (Å²) in [6.07, 6.45) is 1.90. The topological polar surface area (TPSA) is 27.1 Å². The zero-order valence-corrected chi connectivity index (χ0v) is 31.3. The normalized spacial score (nSPS) is 18.6. The Kier molecular flexibility index (Phi) is 7.43. The van der Waals surface area contributed by atoms with Gasteiger partial charge in [-0.25, -0.2) is 9.58 Å². The van der Waals surface area contributed by atoms with Crippen LogP contribution in [0.25, 0.3) is 38.8 Å². The Morgan fingerprint density at radius 1 is 0.635 bits per heavy atom. The Labute approximate surface area is 318 Å². The van der Waals surface area contributed by atoms with Crippen molar-refractivity contribution >= 4 is 44.6 Å². The summed E-state index contributed by atoms with van der Waals surface area (Å²) >= 11 is 0. The molecule has 0 aliphatic carbocycles. The molecule has 0 radical (unpaired) electrons. The second kappa shape index (κ2) is 11.9. The van der Waals surface area contributed by atoms with Crippen LogP contribution in [0.2, 0.25) is 0 Å². The molecule has 0 N–H and O–H groups in total. The molecule has 2 aromatic heterocycles. The minimum absolute atomic E-state index is 0. The SMILES string of the molecule is CC(C)(C)c1ccnc(-n2c3[c-]c(Oc4[c-]c([N+]56[CH-][N@+]5(c5cccc(-c7ccccc7)c5)c5ccccc56)ccc4)ccc3c3ccccc32)c1.[Pt]. The molecule has 6 aromatic carbocycles. The van der Waals surface area contributed by atoms with E-state index in [2.05, 4.69) is 178 Å². The maximum absolute atomic E-state index is 6.60. The van der Waals surface area contributed by atoms with E-state index in [1.807, 2.05) is 18.3 Å². The minimum atomic E-state index is -0.00572. The maximum Gasteiger partial charge on any atom is 0.225 e. The first-order valence-electron chi connectivity index (χ1n) is 17.4. The number of benzene rings is 6. The van der Waals surface area contributed by atoms with Gasteiger partial charge in [-0.3, -0.25) is 0 Å². The van der Waals surface area contributed by atoms with E-state index in [4.69, 9.17) is 9.72 Å². The van der Waals surface area contributed by atoms with Crippen LogP contribution in [-0.2, 0) is 26.5 Å². The quantitative estimate of drug-likeness (QED) is 0.0946. The van der Waals surface area contributed by atoms with Crippen molar-refractivity contribution in [1.82, 2.24) is 18.7 Å². The fraction of sp³-hybridized carbons (Fsp3) is 0.0870. The Bertz CT molecular complexity index is 2660. The number of aromatic nitrogens is 2. The summed E-state index contributed by atoms with van der Waals surface area (Å²) in [6.45, 7) is 9.06. The van der Waals surface area contributed by atoms with Gasteiger partial charge in [0.05, 0.1) is 5.69 Å². The van der Waals surface area contributed by atoms with Crippen LogP contribution in [-0.4, -0.2) is 9.55 Å². The summed E-state index contributed by atoms with van der Waals surface area (Å²) in [4.78, 5) is 4.83. The van der Waals surface area contributed by atoms with Gasteiger partial charge in [-0.05, 0) is 45.7 Å². The van der Waals surface area contributed by atoms with Gasteiger partial charge in [0.2, 0.25) is 11.4 Å². The number of nitrogens with zero attached hydrogens (tertiary/aromatic N) is 4. The van der Waals surface area contributed by atoms with E-state index in [0.29, 0.717) is 20.7 Å². The van der Waals surface area contributed by atoms with Crippen LogP contribution in [0, 0.1) is 18.8 Å². The molecule has 52 heavy (non-hydrogen) atoms. The zero-order valence-electron chi connectivity index (χ0n) is 29.0. The summed E-state index contributed by atoms with van der Waals surface area (Å²) < 4.78 is 9.96. The fourth-order valence-corrected chi connectivity index (χ4v) is 7.95. The summed E-state index contributed by atoms with van der Waals surface area (Å²) in [5, 5.41) is 2.26. The second-order valence-corrected chi connectivity index (χ2v) is 14.5. The van der Waals surface area contributed by atoms with E-state index in [0.717, 1.165) is 33.3 Å². The molecule has 4 heterocycles. The van der Waals surface area contributed by atoms with Crippen LogP contribution in [0.15, 0.2) is 152 Å². The van der Waals surface area contributed by atoms with Gasteiger partial charge in [-0.1, -0.05) is 105 Å². The average Bonchev–Trinajstić information content (AvgIpc) is 3.66. The van der Waals surface area contributed by atoms with Crippen molar-refractivity contribution in [2.75, 3.05) is 0 Å². The van der Waals surface area contributed by atoms with Gasteiger partial charge in [0.15, 0.2) is 12.4 Å². The van der Waals surface area contributed by atoms with Gasteiger partial charge in [0.1, 0.15) is 5.82 Å². The Balaban J connectivity index is 0.00000360. The van der Waals surface area contributed by atoms with Gasteiger partial charge >= 0.3 is 0 Å². The van der Waals surface area contributed by atoms with Gasteiger partial charge < -0.3 is 9.30 Å². The van der Waals surface area contributed by atoms with Crippen molar-refractivity contribution in [1.29, 1.82) is 0 Å². The molecule has 1 unspecified atom stereocenters. The molecule has 10 rings (SSSR count). The summed E-state index contributed by atoms with van der Waals surface area (Å²) in [6, 6.07) is 58.5. The number of para-hydroxylation sites is 3. The van der Waals surface area contributed by atoms with E-state index in [-0.39, 0.29) is 26.5 Å². The third kappa shape index (κ3) is 4.70. The molecule has 1 fully saturated rings. The first kappa shape index (κ1) is 32.6. The zero-order chi connectivity index (χ0) is 34.4. The van der Waals surface area contributed by atoms with Crippen LogP contribution in [0.1, 0.15) is 26.3 Å². The van der Waals surface area contributed by atoms with Crippen molar-refractivity contribution in [2.24, 2.45) is 0 Å². The van der Waals surface area contributed by atoms with Crippen molar-refractivity contribution in [3.63, 3.8) is 0 Å². The number of fused-ring (bicyclic) bond motifs is 7. The molecular weight excluding hydrogens is 820 g/mol. The first-order valence-corrected chi connectivity index (χ1v) is 17.4. The summed E-state index contributed by atoms with van der Waals surface area (Å²) in [5.41, 5.74) is 10.4. The molecule has 0 saturated carbocycles. The number of pyridine rings is 1. The average molecular weight is 855 g/mol. The summed E-state index contributed by atoms with van der Waals surface area (Å²) in [5.74, 6) is 2.14. The molecule has 6 heteroatoms. The van der Waals surface area contributed by atoms with E-state index in [1.165, 1.54) is 33.8 Å². The molecule has 1 saturated heterocycles. The molecule has 256 valence electrons. The van der Waals surface area contributed by atoms with Crippen molar-refractivity contribution in [3.8, 4) is 28.4 Å². The molecule has 0 amide bonds. The smallest absolute Gasteiger partial charge is 0.225 e. The monoisotopic (exact) mass is 854 g/mol. The first-order chi connectivity index (χ1) is 24.9. The van der Waals surface area contributed by atoms with Crippen molar-refractivity contribution < 1.29 is 25.8 Å². The van der Waals surface area contributed by atoms with Crippen molar-refractivity contribution in [2.45, 2.75) is 26.2 Å². The Morgan fingerprint density at radius 3 is 2.17 bits per heavy atom. The standard InChI is InChI=1S/C46H35N4O.Pt/c1-46(2,3)34-25-26-47-45(28-34)48-41-20-8-7-19-39(41)40-24-23-38(30-42(40)48)51-37-18-12-17-36(29-37)50-31-49(50,43-21-9-10-22-44(43)50)35-16-11-15-33(27-35)32-13-5-4-6-14-32;/h4-28,31H,1-3H3;/q-1;/t49-,50?;/m0./s1. The van der Waals surface area contributed by atoms with Crippen LogP contribution >= 0.6 is 0 Å². The largest absolute Gasteiger partial charge is 0.509 e. The molecule has 2 aliphatic rings. The van der Waals surface area contributed by atoms with E-state index in [9.17, 15) is 0 Å². The number of hydrogen-bond donors (Lipinski definition) is 0. The summed E-state index contributed by atoms with van der Waals surface area (Å²) in [7, 11) is 0. The predicted octanol–water partition coefficient (Wildman–Crippen LogP) is 11.9. The van der Waals surface area contributed by atoms with Gasteiger partial charge in [0.25, 0.3) is 0 Å². The molecule has 0 bridgehead atoms. The maximum atomic E-state index is 6.60. The number of hydrogen-bond acceptors (Lipinski definition) is 2. The van der Waals surface area contributed by atoms with Crippen LogP contribution in [0.3, 0.4) is 0 Å². The van der Waals surface area contributed by atoms with E-state index in [1.54, 1.807) is 0 Å². The van der Waals surface area contributed by atoms with Gasteiger partial charge in [-0.2, -0.15) is 16.7 Å². The minimum Gasteiger partial charge on any atom is -0.509 e. The van der Waals surface area contributed by atoms with Gasteiger partial charge in [-0.15, -0.1) is 29.7 Å². The van der Waals surface area contributed by atoms with E-state index < -0.39 is 0 Å². The van der Waals surface area contributed by atoms with Gasteiger partial charge in [0, 0.05) is 68.5 Å². The van der Waals surface area contributed by atoms with Crippen molar-refractivity contribution in [3.05, 3.63) is 176 Å². The molecular formula is C46H35N4OPt-. The number of rotatable bonds is 6. The predicted molar refractivity (Wildman–Crippen MR) is 207 cm³/mol. The molecule has 8 aromatic rings. The molecule has 0 spiro atoms. The Hall–Kier alpha value is -5.32. The molecule has 2 atom stereocenters. The third-order valence-corrected chi connectivity index (χ3v) is 10.5. The van der Waals surface area contributed by atoms with Crippen LogP contribution < -0.4 is 13.9 Å². The number of quaternary nitrogens is 2. The fourth-order valence-electron chi connectivity index (χ4n) is 7.95. The van der Waals surface area contributed by atoms with Crippen LogP contribution in [0.5, 0.6) is 11.5 Å². The third-order valence-electron chi connectivity index (χ3n) is 10.5. The Morgan fingerprint density at radius 2 is 1.35 bits per heavy atom.